The molecule has 0 amide bonds. The van der Waals surface area contributed by atoms with Crippen LogP contribution >= 0.6 is 11.8 Å². The molecule has 1 aliphatic carbocycles. The highest BCUT2D eigenvalue weighted by molar-refractivity contribution is 8.00. The van der Waals surface area contributed by atoms with E-state index in [-0.39, 0.29) is 0 Å². The normalized spacial score (nSPS) is 38.5. The molecule has 0 heterocycles. The molecule has 1 saturated carbocycles. The summed E-state index contributed by atoms with van der Waals surface area (Å²) in [5.41, 5.74) is -0.395. The Bertz CT molecular complexity index is 145. The van der Waals surface area contributed by atoms with Gasteiger partial charge in [0.15, 0.2) is 0 Å². The van der Waals surface area contributed by atoms with Crippen molar-refractivity contribution >= 4 is 11.8 Å². The van der Waals surface area contributed by atoms with Gasteiger partial charge in [0.05, 0.1) is 5.60 Å². The first-order chi connectivity index (χ1) is 5.56. The molecule has 3 atom stereocenters. The van der Waals surface area contributed by atoms with Gasteiger partial charge in [-0.2, -0.15) is 11.8 Å². The summed E-state index contributed by atoms with van der Waals surface area (Å²) in [4.78, 5) is 0. The first-order valence-electron chi connectivity index (χ1n) is 4.94. The SMILES string of the molecule is CCC(C)SC1CCCC1(C)O. The molecule has 0 spiro atoms. The van der Waals surface area contributed by atoms with E-state index in [1.807, 2.05) is 18.7 Å². The van der Waals surface area contributed by atoms with Crippen LogP contribution in [0, 0.1) is 0 Å². The van der Waals surface area contributed by atoms with E-state index in [1.165, 1.54) is 19.3 Å². The summed E-state index contributed by atoms with van der Waals surface area (Å²) in [5.74, 6) is 0. The Morgan fingerprint density at radius 3 is 2.75 bits per heavy atom. The maximum atomic E-state index is 9.98. The zero-order valence-corrected chi connectivity index (χ0v) is 9.16. The maximum absolute atomic E-state index is 9.98. The largest absolute Gasteiger partial charge is 0.389 e. The van der Waals surface area contributed by atoms with Gasteiger partial charge in [0, 0.05) is 10.5 Å². The molecule has 0 aromatic heterocycles. The van der Waals surface area contributed by atoms with E-state index >= 15 is 0 Å². The molecular formula is C10H20OS. The van der Waals surface area contributed by atoms with Crippen molar-refractivity contribution in [3.8, 4) is 0 Å². The Labute approximate surface area is 79.9 Å². The second kappa shape index (κ2) is 4.01. The lowest BCUT2D eigenvalue weighted by Gasteiger charge is -2.27. The first kappa shape index (κ1) is 10.4. The third kappa shape index (κ3) is 2.40. The van der Waals surface area contributed by atoms with Gasteiger partial charge in [0.1, 0.15) is 0 Å². The van der Waals surface area contributed by atoms with E-state index in [2.05, 4.69) is 13.8 Å². The van der Waals surface area contributed by atoms with Gasteiger partial charge in [-0.3, -0.25) is 0 Å². The summed E-state index contributed by atoms with van der Waals surface area (Å²) < 4.78 is 0. The summed E-state index contributed by atoms with van der Waals surface area (Å²) in [5, 5.41) is 11.2. The highest BCUT2D eigenvalue weighted by atomic mass is 32.2. The van der Waals surface area contributed by atoms with Gasteiger partial charge in [-0.1, -0.05) is 13.8 Å². The number of hydrogen-bond acceptors (Lipinski definition) is 2. The molecule has 3 unspecified atom stereocenters. The van der Waals surface area contributed by atoms with Crippen molar-refractivity contribution in [3.05, 3.63) is 0 Å². The Morgan fingerprint density at radius 2 is 2.33 bits per heavy atom. The van der Waals surface area contributed by atoms with Crippen molar-refractivity contribution in [1.29, 1.82) is 0 Å². The van der Waals surface area contributed by atoms with Gasteiger partial charge in [0.25, 0.3) is 0 Å². The minimum absolute atomic E-state index is 0.395. The summed E-state index contributed by atoms with van der Waals surface area (Å²) in [6.45, 7) is 6.44. The summed E-state index contributed by atoms with van der Waals surface area (Å²) in [7, 11) is 0. The van der Waals surface area contributed by atoms with Gasteiger partial charge in [-0.25, -0.2) is 0 Å². The van der Waals surface area contributed by atoms with Crippen LogP contribution in [0.4, 0.5) is 0 Å². The number of hydrogen-bond donors (Lipinski definition) is 1. The molecular weight excluding hydrogens is 168 g/mol. The van der Waals surface area contributed by atoms with Crippen LogP contribution in [0.1, 0.15) is 46.5 Å². The van der Waals surface area contributed by atoms with E-state index in [0.29, 0.717) is 10.5 Å². The smallest absolute Gasteiger partial charge is 0.0737 e. The Balaban J connectivity index is 2.41. The predicted octanol–water partition coefficient (Wildman–Crippen LogP) is 2.82. The molecule has 0 aromatic rings. The van der Waals surface area contributed by atoms with Crippen LogP contribution in [0.2, 0.25) is 0 Å². The second-order valence-electron chi connectivity index (χ2n) is 4.09. The average molecular weight is 188 g/mol. The molecule has 0 radical (unpaired) electrons. The number of thioether (sulfide) groups is 1. The lowest BCUT2D eigenvalue weighted by atomic mass is 10.1. The fraction of sp³-hybridized carbons (Fsp3) is 1.00. The van der Waals surface area contributed by atoms with Crippen LogP contribution in [-0.4, -0.2) is 21.2 Å². The van der Waals surface area contributed by atoms with Crippen molar-refractivity contribution in [3.63, 3.8) is 0 Å². The van der Waals surface area contributed by atoms with Crippen LogP contribution in [0.5, 0.6) is 0 Å². The highest BCUT2D eigenvalue weighted by Gasteiger charge is 2.37. The topological polar surface area (TPSA) is 20.2 Å². The zero-order valence-electron chi connectivity index (χ0n) is 8.34. The van der Waals surface area contributed by atoms with Gasteiger partial charge in [0.2, 0.25) is 0 Å². The Hall–Kier alpha value is 0.310. The number of aliphatic hydroxyl groups is 1. The quantitative estimate of drug-likeness (QED) is 0.735. The van der Waals surface area contributed by atoms with Crippen LogP contribution in [0.25, 0.3) is 0 Å². The molecule has 0 aromatic carbocycles. The minimum Gasteiger partial charge on any atom is -0.389 e. The first-order valence-corrected chi connectivity index (χ1v) is 5.88. The summed E-state index contributed by atoms with van der Waals surface area (Å²) in [6, 6.07) is 0. The van der Waals surface area contributed by atoms with Crippen LogP contribution < -0.4 is 0 Å². The van der Waals surface area contributed by atoms with Crippen molar-refractivity contribution < 1.29 is 5.11 Å². The molecule has 1 N–H and O–H groups in total. The van der Waals surface area contributed by atoms with Gasteiger partial charge < -0.3 is 5.11 Å². The molecule has 1 nitrogen and oxygen atoms in total. The maximum Gasteiger partial charge on any atom is 0.0737 e. The fourth-order valence-corrected chi connectivity index (χ4v) is 3.18. The monoisotopic (exact) mass is 188 g/mol. The molecule has 72 valence electrons. The molecule has 0 saturated heterocycles. The van der Waals surface area contributed by atoms with E-state index in [4.69, 9.17) is 0 Å². The molecule has 1 fully saturated rings. The lowest BCUT2D eigenvalue weighted by Crippen LogP contribution is -2.32. The Kier molecular flexibility index (Phi) is 3.47. The van der Waals surface area contributed by atoms with Crippen LogP contribution in [-0.2, 0) is 0 Å². The third-order valence-electron chi connectivity index (χ3n) is 2.81. The molecule has 0 aliphatic heterocycles. The van der Waals surface area contributed by atoms with E-state index < -0.39 is 5.60 Å². The Morgan fingerprint density at radius 1 is 1.67 bits per heavy atom. The van der Waals surface area contributed by atoms with Gasteiger partial charge in [-0.05, 0) is 32.6 Å². The predicted molar refractivity (Wildman–Crippen MR) is 55.6 cm³/mol. The minimum atomic E-state index is -0.395. The average Bonchev–Trinajstić information content (AvgIpc) is 2.31. The second-order valence-corrected chi connectivity index (χ2v) is 5.74. The van der Waals surface area contributed by atoms with Crippen molar-refractivity contribution in [1.82, 2.24) is 0 Å². The van der Waals surface area contributed by atoms with E-state index in [9.17, 15) is 5.11 Å². The standard InChI is InChI=1S/C10H20OS/c1-4-8(2)12-9-6-5-7-10(9,3)11/h8-9,11H,4-7H2,1-3H3. The van der Waals surface area contributed by atoms with Crippen molar-refractivity contribution in [2.75, 3.05) is 0 Å². The fourth-order valence-electron chi connectivity index (χ4n) is 1.71. The van der Waals surface area contributed by atoms with Crippen LogP contribution in [0.3, 0.4) is 0 Å². The highest BCUT2D eigenvalue weighted by Crippen LogP contribution is 2.40. The van der Waals surface area contributed by atoms with Crippen LogP contribution in [0.15, 0.2) is 0 Å². The van der Waals surface area contributed by atoms with Gasteiger partial charge in [-0.15, -0.1) is 0 Å². The third-order valence-corrected chi connectivity index (χ3v) is 4.68. The molecule has 1 rings (SSSR count). The summed E-state index contributed by atoms with van der Waals surface area (Å²) >= 11 is 1.96. The van der Waals surface area contributed by atoms with E-state index in [1.54, 1.807) is 0 Å². The molecule has 0 bridgehead atoms. The van der Waals surface area contributed by atoms with Crippen molar-refractivity contribution in [2.45, 2.75) is 62.6 Å². The van der Waals surface area contributed by atoms with E-state index in [0.717, 1.165) is 6.42 Å². The van der Waals surface area contributed by atoms with Gasteiger partial charge >= 0.3 is 0 Å². The summed E-state index contributed by atoms with van der Waals surface area (Å²) in [6.07, 6.45) is 4.58. The molecule has 2 heteroatoms. The van der Waals surface area contributed by atoms with Crippen molar-refractivity contribution in [2.24, 2.45) is 0 Å². The lowest BCUT2D eigenvalue weighted by molar-refractivity contribution is 0.0733. The zero-order chi connectivity index (χ0) is 9.19. The molecule has 12 heavy (non-hydrogen) atoms. The number of rotatable bonds is 3. The molecule has 1 aliphatic rings.